The smallest absolute Gasteiger partial charge is 0.311 e. The van der Waals surface area contributed by atoms with Gasteiger partial charge in [-0.3, -0.25) is 19.1 Å². The van der Waals surface area contributed by atoms with E-state index in [0.29, 0.717) is 33.8 Å². The Morgan fingerprint density at radius 2 is 1.91 bits per heavy atom. The number of pyridine rings is 2. The average Bonchev–Trinajstić information content (AvgIpc) is 3.97. The number of hydrogen-bond acceptors (Lipinski definition) is 7. The van der Waals surface area contributed by atoms with Gasteiger partial charge in [0, 0.05) is 48.5 Å². The molecule has 3 aliphatic carbocycles. The number of halogens is 2. The molecule has 0 bridgehead atoms. The van der Waals surface area contributed by atoms with Crippen molar-refractivity contribution in [1.82, 2.24) is 29.2 Å². The van der Waals surface area contributed by atoms with Gasteiger partial charge >= 0.3 is 6.55 Å². The van der Waals surface area contributed by atoms with E-state index in [9.17, 15) is 23.6 Å². The Kier molecular flexibility index (Phi) is 6.60. The molecule has 12 heteroatoms. The second-order valence-electron chi connectivity index (χ2n) is 12.6. The summed E-state index contributed by atoms with van der Waals surface area (Å²) < 4.78 is 30.0. The Morgan fingerprint density at radius 3 is 2.58 bits per heavy atom. The van der Waals surface area contributed by atoms with E-state index in [0.717, 1.165) is 55.7 Å². The van der Waals surface area contributed by atoms with Gasteiger partial charge in [0.05, 0.1) is 11.6 Å². The van der Waals surface area contributed by atoms with E-state index < -0.39 is 12.5 Å². The quantitative estimate of drug-likeness (QED) is 0.267. The van der Waals surface area contributed by atoms with Crippen LogP contribution in [0.25, 0.3) is 22.5 Å². The van der Waals surface area contributed by atoms with Crippen molar-refractivity contribution in [2.75, 3.05) is 11.9 Å². The summed E-state index contributed by atoms with van der Waals surface area (Å²) in [6, 6.07) is 12.8. The van der Waals surface area contributed by atoms with Crippen LogP contribution in [-0.4, -0.2) is 47.7 Å². The molecule has 45 heavy (non-hydrogen) atoms. The summed E-state index contributed by atoms with van der Waals surface area (Å²) in [5, 5.41) is 20.0. The van der Waals surface area contributed by atoms with Gasteiger partial charge in [0.25, 0.3) is 11.5 Å². The molecule has 2 unspecified atom stereocenters. The van der Waals surface area contributed by atoms with E-state index in [1.54, 1.807) is 28.8 Å². The SMILES string of the molecule is N#Cc1ccc(-c2cc(NC(=O)c3cc(CN4CC5CCC54)cn(C4CC4)c3=O)nc(C3CC3)c2)c(-c2nncn2C(F)F)c1. The van der Waals surface area contributed by atoms with Crippen LogP contribution in [0.4, 0.5) is 14.6 Å². The van der Waals surface area contributed by atoms with Crippen molar-refractivity contribution in [2.45, 2.75) is 69.6 Å². The molecule has 10 nitrogen and oxygen atoms in total. The predicted octanol–water partition coefficient (Wildman–Crippen LogP) is 5.49. The summed E-state index contributed by atoms with van der Waals surface area (Å²) in [4.78, 5) is 34.4. The molecule has 4 aromatic rings. The molecular weight excluding hydrogens is 578 g/mol. The monoisotopic (exact) mass is 608 g/mol. The lowest BCUT2D eigenvalue weighted by molar-refractivity contribution is -0.0647. The van der Waals surface area contributed by atoms with E-state index in [4.69, 9.17) is 4.98 Å². The molecule has 1 saturated heterocycles. The number of nitrogens with zero attached hydrogens (tertiary/aromatic N) is 7. The first-order chi connectivity index (χ1) is 21.9. The lowest BCUT2D eigenvalue weighted by atomic mass is 9.71. The molecular formula is C33H30F2N8O2. The van der Waals surface area contributed by atoms with Crippen LogP contribution >= 0.6 is 0 Å². The summed E-state index contributed by atoms with van der Waals surface area (Å²) in [6.45, 7) is -1.12. The molecule has 1 aliphatic heterocycles. The van der Waals surface area contributed by atoms with Gasteiger partial charge in [0.2, 0.25) is 0 Å². The van der Waals surface area contributed by atoms with Gasteiger partial charge in [-0.1, -0.05) is 6.07 Å². The van der Waals surface area contributed by atoms with Gasteiger partial charge in [-0.15, -0.1) is 10.2 Å². The number of nitrogens with one attached hydrogen (secondary N) is 1. The lowest BCUT2D eigenvalue weighted by Crippen LogP contribution is -2.61. The molecule has 4 heterocycles. The maximum absolute atomic E-state index is 13.8. The number of carbonyl (C=O) groups is 1. The zero-order chi connectivity index (χ0) is 30.8. The summed E-state index contributed by atoms with van der Waals surface area (Å²) in [7, 11) is 0. The second kappa shape index (κ2) is 10.7. The number of alkyl halides is 2. The normalized spacial score (nSPS) is 20.7. The summed E-state index contributed by atoms with van der Waals surface area (Å²) >= 11 is 0. The highest BCUT2D eigenvalue weighted by molar-refractivity contribution is 6.04. The highest BCUT2D eigenvalue weighted by atomic mass is 19.3. The van der Waals surface area contributed by atoms with Crippen LogP contribution in [0.15, 0.2) is 53.7 Å². The molecule has 4 aliphatic rings. The summed E-state index contributed by atoms with van der Waals surface area (Å²) in [6.07, 6.45) is 9.06. The number of aromatic nitrogens is 5. The van der Waals surface area contributed by atoms with Crippen LogP contribution in [0, 0.1) is 17.2 Å². The topological polar surface area (TPSA) is 122 Å². The number of likely N-dealkylation sites (tertiary alicyclic amines) is 1. The summed E-state index contributed by atoms with van der Waals surface area (Å²) in [5.74, 6) is 0.623. The van der Waals surface area contributed by atoms with Crippen LogP contribution in [0.2, 0.25) is 0 Å². The van der Waals surface area contributed by atoms with Gasteiger partial charge in [-0.05, 0) is 91.5 Å². The lowest BCUT2D eigenvalue weighted by Gasteiger charge is -2.56. The molecule has 1 N–H and O–H groups in total. The fraction of sp³-hybridized carbons (Fsp3) is 0.394. The zero-order valence-electron chi connectivity index (χ0n) is 24.4. The minimum Gasteiger partial charge on any atom is -0.311 e. The Labute approximate surface area is 257 Å². The first-order valence-corrected chi connectivity index (χ1v) is 15.4. The Bertz CT molecular complexity index is 1940. The van der Waals surface area contributed by atoms with Crippen LogP contribution in [0.5, 0.6) is 0 Å². The van der Waals surface area contributed by atoms with E-state index in [2.05, 4.69) is 26.5 Å². The third-order valence-electron chi connectivity index (χ3n) is 9.55. The number of hydrogen-bond donors (Lipinski definition) is 1. The fourth-order valence-corrected chi connectivity index (χ4v) is 6.67. The number of piperidine rings is 1. The van der Waals surface area contributed by atoms with Crippen molar-refractivity contribution >= 4 is 11.7 Å². The van der Waals surface area contributed by atoms with Crippen LogP contribution in [-0.2, 0) is 6.54 Å². The Hall–Kier alpha value is -4.76. The van der Waals surface area contributed by atoms with E-state index in [1.807, 2.05) is 12.3 Å². The van der Waals surface area contributed by atoms with E-state index in [1.165, 1.54) is 18.9 Å². The van der Waals surface area contributed by atoms with Crippen LogP contribution < -0.4 is 10.9 Å². The van der Waals surface area contributed by atoms with Crippen LogP contribution in [0.3, 0.4) is 0 Å². The number of anilines is 1. The number of nitriles is 1. The fourth-order valence-electron chi connectivity index (χ4n) is 6.67. The third kappa shape index (κ3) is 5.11. The van der Waals surface area contributed by atoms with Crippen molar-refractivity contribution in [1.29, 1.82) is 5.26 Å². The predicted molar refractivity (Wildman–Crippen MR) is 160 cm³/mol. The molecule has 228 valence electrons. The molecule has 1 amide bonds. The molecule has 3 aromatic heterocycles. The van der Waals surface area contributed by atoms with Gasteiger partial charge < -0.3 is 9.88 Å². The Morgan fingerprint density at radius 1 is 1.07 bits per heavy atom. The van der Waals surface area contributed by atoms with E-state index >= 15 is 0 Å². The molecule has 8 rings (SSSR count). The summed E-state index contributed by atoms with van der Waals surface area (Å²) in [5.41, 5.74) is 3.19. The minimum absolute atomic E-state index is 0.0781. The zero-order valence-corrected chi connectivity index (χ0v) is 24.4. The number of benzene rings is 1. The molecule has 3 saturated carbocycles. The standard InChI is InChI=1S/C33H30F2N8O2/c34-33(35)43-17-37-40-30(43)25-9-18(13-36)1-7-24(25)22-11-27(20-2-3-20)38-29(12-22)39-31(44)26-10-19(14-41-16-21-4-8-28(21)41)15-42(32(26)45)23-5-6-23/h1,7,9-12,15,17,20-21,23,28,33H,2-6,8,14,16H2,(H,38,39,44). The average molecular weight is 609 g/mol. The minimum atomic E-state index is -2.88. The van der Waals surface area contributed by atoms with Gasteiger partial charge in [0.1, 0.15) is 17.7 Å². The van der Waals surface area contributed by atoms with Crippen molar-refractivity contribution < 1.29 is 13.6 Å². The van der Waals surface area contributed by atoms with Crippen molar-refractivity contribution in [2.24, 2.45) is 5.92 Å². The first-order valence-electron chi connectivity index (χ1n) is 15.4. The first kappa shape index (κ1) is 27.8. The second-order valence-corrected chi connectivity index (χ2v) is 12.6. The molecule has 0 spiro atoms. The van der Waals surface area contributed by atoms with Gasteiger partial charge in [0.15, 0.2) is 5.82 Å². The number of amides is 1. The maximum atomic E-state index is 13.8. The molecule has 1 aromatic carbocycles. The molecule has 2 atom stereocenters. The van der Waals surface area contributed by atoms with Crippen molar-refractivity contribution in [3.8, 4) is 28.6 Å². The van der Waals surface area contributed by atoms with Crippen molar-refractivity contribution in [3.63, 3.8) is 0 Å². The molecule has 0 radical (unpaired) electrons. The Balaban J connectivity index is 1.16. The maximum Gasteiger partial charge on any atom is 0.321 e. The largest absolute Gasteiger partial charge is 0.321 e. The molecule has 4 fully saturated rings. The van der Waals surface area contributed by atoms with Gasteiger partial charge in [-0.25, -0.2) is 4.98 Å². The number of fused-ring (bicyclic) bond motifs is 1. The van der Waals surface area contributed by atoms with Gasteiger partial charge in [-0.2, -0.15) is 14.0 Å². The van der Waals surface area contributed by atoms with Crippen molar-refractivity contribution in [3.05, 3.63) is 81.7 Å². The highest BCUT2D eigenvalue weighted by Gasteiger charge is 2.45. The highest BCUT2D eigenvalue weighted by Crippen LogP contribution is 2.43. The van der Waals surface area contributed by atoms with E-state index in [-0.39, 0.29) is 40.3 Å². The third-order valence-corrected chi connectivity index (χ3v) is 9.55. The number of carbonyl (C=O) groups excluding carboxylic acids is 1. The number of rotatable bonds is 9. The van der Waals surface area contributed by atoms with Crippen LogP contribution in [0.1, 0.15) is 84.2 Å².